The van der Waals surface area contributed by atoms with E-state index in [9.17, 15) is 0 Å². The molecule has 92 valence electrons. The summed E-state index contributed by atoms with van der Waals surface area (Å²) >= 11 is 6.00. The molecule has 1 rings (SSSR count). The molecule has 0 saturated heterocycles. The fraction of sp³-hybridized carbons (Fsp3) is 0.333. The molecule has 0 amide bonds. The molecule has 17 heavy (non-hydrogen) atoms. The number of aromatic nitrogens is 1. The second kappa shape index (κ2) is 6.91. The highest BCUT2D eigenvalue weighted by Crippen LogP contribution is 2.21. The Labute approximate surface area is 106 Å². The molecule has 0 fully saturated rings. The summed E-state index contributed by atoms with van der Waals surface area (Å²) in [6.07, 6.45) is 5.24. The zero-order chi connectivity index (χ0) is 12.7. The van der Waals surface area contributed by atoms with E-state index in [1.807, 2.05) is 19.2 Å². The number of hydrogen-bond donors (Lipinski definition) is 2. The number of nitrogens with zero attached hydrogens (tertiary/aromatic N) is 1. The van der Waals surface area contributed by atoms with Gasteiger partial charge in [0.05, 0.1) is 13.3 Å². The van der Waals surface area contributed by atoms with Crippen LogP contribution >= 0.6 is 11.6 Å². The van der Waals surface area contributed by atoms with E-state index >= 15 is 0 Å². The van der Waals surface area contributed by atoms with Crippen molar-refractivity contribution in [3.05, 3.63) is 34.8 Å². The summed E-state index contributed by atoms with van der Waals surface area (Å²) in [5.41, 5.74) is 1.68. The van der Waals surface area contributed by atoms with E-state index in [4.69, 9.17) is 21.7 Å². The second-order valence-electron chi connectivity index (χ2n) is 3.42. The van der Waals surface area contributed by atoms with Gasteiger partial charge in [0.2, 0.25) is 0 Å². The predicted octanol–water partition coefficient (Wildman–Crippen LogP) is 2.43. The Morgan fingerprint density at radius 2 is 2.41 bits per heavy atom. The van der Waals surface area contributed by atoms with Gasteiger partial charge in [0.25, 0.3) is 0 Å². The van der Waals surface area contributed by atoms with E-state index in [0.29, 0.717) is 17.3 Å². The molecule has 0 saturated carbocycles. The third kappa shape index (κ3) is 4.07. The quantitative estimate of drug-likeness (QED) is 0.605. The molecule has 0 aliphatic rings. The van der Waals surface area contributed by atoms with Gasteiger partial charge in [-0.25, -0.2) is 4.98 Å². The Bertz CT molecular complexity index is 418. The highest BCUT2D eigenvalue weighted by atomic mass is 35.5. The normalized spacial score (nSPS) is 11.1. The average molecular weight is 254 g/mol. The van der Waals surface area contributed by atoms with Crippen LogP contribution in [0.2, 0.25) is 5.15 Å². The Balaban J connectivity index is 2.88. The van der Waals surface area contributed by atoms with Crippen molar-refractivity contribution in [1.29, 1.82) is 5.41 Å². The number of methoxy groups -OCH3 is 1. The van der Waals surface area contributed by atoms with Gasteiger partial charge in [-0.15, -0.1) is 0 Å². The van der Waals surface area contributed by atoms with Crippen LogP contribution in [0.15, 0.2) is 24.0 Å². The van der Waals surface area contributed by atoms with Crippen LogP contribution in [0.4, 0.5) is 0 Å². The lowest BCUT2D eigenvalue weighted by molar-refractivity contribution is 0.412. The molecule has 1 heterocycles. The van der Waals surface area contributed by atoms with Gasteiger partial charge in [0.15, 0.2) is 0 Å². The van der Waals surface area contributed by atoms with E-state index in [1.54, 1.807) is 13.3 Å². The van der Waals surface area contributed by atoms with E-state index in [2.05, 4.69) is 10.3 Å². The maximum absolute atomic E-state index is 7.33. The summed E-state index contributed by atoms with van der Waals surface area (Å²) in [7, 11) is 1.58. The number of pyridine rings is 1. The molecule has 0 aromatic carbocycles. The first-order chi connectivity index (χ1) is 8.21. The number of ether oxygens (including phenoxy) is 1. The van der Waals surface area contributed by atoms with Crippen molar-refractivity contribution in [1.82, 2.24) is 10.3 Å². The fourth-order valence-corrected chi connectivity index (χ4v) is 1.47. The molecule has 0 atom stereocenters. The van der Waals surface area contributed by atoms with Crippen molar-refractivity contribution >= 4 is 17.8 Å². The minimum Gasteiger partial charge on any atom is -0.495 e. The standard InChI is InChI=1S/C12H16ClN3O/c1-3-15-7-9(6-14)4-10-5-11(17-2)8-16-12(10)13/h5-8,14-15H,3-4H2,1-2H3/b9-7-,14-6?. The first kappa shape index (κ1) is 13.5. The van der Waals surface area contributed by atoms with Gasteiger partial charge in [0.1, 0.15) is 10.9 Å². The molecule has 5 heteroatoms. The summed E-state index contributed by atoms with van der Waals surface area (Å²) in [5.74, 6) is 0.664. The highest BCUT2D eigenvalue weighted by Gasteiger charge is 2.05. The third-order valence-corrected chi connectivity index (χ3v) is 2.53. The maximum Gasteiger partial charge on any atom is 0.137 e. The number of allylic oxidation sites excluding steroid dienone is 1. The van der Waals surface area contributed by atoms with Crippen LogP contribution in [0.3, 0.4) is 0 Å². The van der Waals surface area contributed by atoms with E-state index < -0.39 is 0 Å². The van der Waals surface area contributed by atoms with Crippen LogP contribution in [0.5, 0.6) is 5.75 Å². The van der Waals surface area contributed by atoms with Crippen molar-refractivity contribution in [2.75, 3.05) is 13.7 Å². The van der Waals surface area contributed by atoms with Crippen molar-refractivity contribution < 1.29 is 4.74 Å². The Morgan fingerprint density at radius 1 is 1.65 bits per heavy atom. The van der Waals surface area contributed by atoms with Crippen LogP contribution in [0.25, 0.3) is 0 Å². The van der Waals surface area contributed by atoms with Crippen LogP contribution in [0.1, 0.15) is 12.5 Å². The highest BCUT2D eigenvalue weighted by molar-refractivity contribution is 6.30. The first-order valence-electron chi connectivity index (χ1n) is 5.32. The monoisotopic (exact) mass is 253 g/mol. The zero-order valence-corrected chi connectivity index (χ0v) is 10.7. The van der Waals surface area contributed by atoms with Crippen molar-refractivity contribution in [3.63, 3.8) is 0 Å². The van der Waals surface area contributed by atoms with Gasteiger partial charge in [-0.05, 0) is 24.1 Å². The smallest absolute Gasteiger partial charge is 0.137 e. The topological polar surface area (TPSA) is 58.0 Å². The van der Waals surface area contributed by atoms with Gasteiger partial charge in [0, 0.05) is 25.4 Å². The number of nitrogens with one attached hydrogen (secondary N) is 2. The van der Waals surface area contributed by atoms with Crippen molar-refractivity contribution in [2.45, 2.75) is 13.3 Å². The number of halogens is 1. The molecule has 1 aromatic heterocycles. The van der Waals surface area contributed by atoms with Crippen LogP contribution < -0.4 is 10.1 Å². The lowest BCUT2D eigenvalue weighted by Gasteiger charge is -2.07. The summed E-state index contributed by atoms with van der Waals surface area (Å²) < 4.78 is 5.09. The SMILES string of the molecule is CCN/C=C(\C=N)Cc1cc(OC)cnc1Cl. The Morgan fingerprint density at radius 3 is 3.00 bits per heavy atom. The lowest BCUT2D eigenvalue weighted by Crippen LogP contribution is -2.06. The summed E-state index contributed by atoms with van der Waals surface area (Å²) in [4.78, 5) is 4.04. The molecule has 0 spiro atoms. The molecule has 0 unspecified atom stereocenters. The van der Waals surface area contributed by atoms with E-state index in [0.717, 1.165) is 17.7 Å². The number of rotatable bonds is 6. The third-order valence-electron chi connectivity index (χ3n) is 2.19. The minimum atomic E-state index is 0.440. The Kier molecular flexibility index (Phi) is 5.49. The van der Waals surface area contributed by atoms with Gasteiger partial charge >= 0.3 is 0 Å². The summed E-state index contributed by atoms with van der Waals surface area (Å²) in [6, 6.07) is 1.83. The Hall–Kier alpha value is -1.55. The zero-order valence-electron chi connectivity index (χ0n) is 9.96. The molecule has 0 bridgehead atoms. The van der Waals surface area contributed by atoms with E-state index in [1.165, 1.54) is 6.21 Å². The molecule has 4 nitrogen and oxygen atoms in total. The predicted molar refractivity (Wildman–Crippen MR) is 70.0 cm³/mol. The maximum atomic E-state index is 7.33. The minimum absolute atomic E-state index is 0.440. The average Bonchev–Trinajstić information content (AvgIpc) is 2.36. The lowest BCUT2D eigenvalue weighted by atomic mass is 10.1. The summed E-state index contributed by atoms with van der Waals surface area (Å²) in [6.45, 7) is 2.82. The van der Waals surface area contributed by atoms with E-state index in [-0.39, 0.29) is 0 Å². The second-order valence-corrected chi connectivity index (χ2v) is 3.78. The fourth-order valence-electron chi connectivity index (χ4n) is 1.30. The van der Waals surface area contributed by atoms with Gasteiger partial charge in [-0.1, -0.05) is 11.6 Å². The molecule has 0 radical (unpaired) electrons. The van der Waals surface area contributed by atoms with Crippen molar-refractivity contribution in [2.24, 2.45) is 0 Å². The molecular weight excluding hydrogens is 238 g/mol. The van der Waals surface area contributed by atoms with Crippen molar-refractivity contribution in [3.8, 4) is 5.75 Å². The van der Waals surface area contributed by atoms with Crippen LogP contribution in [-0.4, -0.2) is 24.9 Å². The molecule has 0 aliphatic carbocycles. The first-order valence-corrected chi connectivity index (χ1v) is 5.70. The largest absolute Gasteiger partial charge is 0.495 e. The summed E-state index contributed by atoms with van der Waals surface area (Å²) in [5, 5.41) is 10.8. The van der Waals surface area contributed by atoms with Gasteiger partial charge in [-0.2, -0.15) is 0 Å². The number of hydrogen-bond acceptors (Lipinski definition) is 4. The van der Waals surface area contributed by atoms with Gasteiger partial charge < -0.3 is 15.5 Å². The molecule has 1 aromatic rings. The van der Waals surface area contributed by atoms with Crippen LogP contribution in [0, 0.1) is 5.41 Å². The molecule has 2 N–H and O–H groups in total. The van der Waals surface area contributed by atoms with Gasteiger partial charge in [-0.3, -0.25) is 0 Å². The molecule has 0 aliphatic heterocycles. The molecular formula is C12H16ClN3O. The van der Waals surface area contributed by atoms with Crippen LogP contribution in [-0.2, 0) is 6.42 Å².